The highest BCUT2D eigenvalue weighted by molar-refractivity contribution is 5.79. The van der Waals surface area contributed by atoms with Crippen LogP contribution in [0.4, 0.5) is 4.39 Å². The van der Waals surface area contributed by atoms with Crippen molar-refractivity contribution in [3.63, 3.8) is 0 Å². The van der Waals surface area contributed by atoms with Gasteiger partial charge in [-0.05, 0) is 44.6 Å². The Morgan fingerprint density at radius 3 is 2.81 bits per heavy atom. The predicted octanol–water partition coefficient (Wildman–Crippen LogP) is 1.57. The second-order valence-corrected chi connectivity index (χ2v) is 6.74. The second kappa shape index (κ2) is 7.03. The number of nitrogens with zero attached hydrogens (tertiary/aromatic N) is 5. The van der Waals surface area contributed by atoms with Crippen LogP contribution in [0.1, 0.15) is 19.4 Å². The highest BCUT2D eigenvalue weighted by Gasteiger charge is 2.34. The normalized spacial score (nSPS) is 17.7. The van der Waals surface area contributed by atoms with Gasteiger partial charge in [-0.15, -0.1) is 5.10 Å². The van der Waals surface area contributed by atoms with Crippen molar-refractivity contribution < 1.29 is 13.9 Å². The number of rotatable bonds is 6. The minimum absolute atomic E-state index is 0.129. The molecule has 0 saturated carbocycles. The van der Waals surface area contributed by atoms with Gasteiger partial charge in [0, 0.05) is 18.7 Å². The van der Waals surface area contributed by atoms with Crippen molar-refractivity contribution in [3.05, 3.63) is 30.2 Å². The lowest BCUT2D eigenvalue weighted by molar-refractivity contribution is -0.139. The van der Waals surface area contributed by atoms with Gasteiger partial charge in [-0.3, -0.25) is 9.69 Å². The Morgan fingerprint density at radius 1 is 1.35 bits per heavy atom. The number of halogens is 1. The van der Waals surface area contributed by atoms with E-state index < -0.39 is 5.82 Å². The summed E-state index contributed by atoms with van der Waals surface area (Å²) >= 11 is 0. The molecule has 2 saturated heterocycles. The number of carbonyl (C=O) groups is 1. The minimum Gasteiger partial charge on any atom is -0.491 e. The van der Waals surface area contributed by atoms with Gasteiger partial charge < -0.3 is 9.64 Å². The van der Waals surface area contributed by atoms with E-state index in [-0.39, 0.29) is 17.7 Å². The molecule has 2 aromatic rings. The molecule has 0 N–H and O–H groups in total. The Bertz CT molecular complexity index is 799. The lowest BCUT2D eigenvalue weighted by Gasteiger charge is -2.41. The summed E-state index contributed by atoms with van der Waals surface area (Å²) in [6.07, 6.45) is 2.99. The largest absolute Gasteiger partial charge is 0.491 e. The maximum absolute atomic E-state index is 14.0. The van der Waals surface area contributed by atoms with Crippen LogP contribution in [-0.4, -0.2) is 70.0 Å². The second-order valence-electron chi connectivity index (χ2n) is 6.74. The smallest absolute Gasteiger partial charge is 0.236 e. The van der Waals surface area contributed by atoms with Gasteiger partial charge in [0.05, 0.1) is 25.4 Å². The number of hydrogen-bond donors (Lipinski definition) is 0. The molecule has 0 atom stereocenters. The van der Waals surface area contributed by atoms with Gasteiger partial charge >= 0.3 is 0 Å². The lowest BCUT2D eigenvalue weighted by atomic mass is 10.1. The molecule has 4 rings (SSSR count). The lowest BCUT2D eigenvalue weighted by Crippen LogP contribution is -2.55. The molecule has 7 nitrogen and oxygen atoms in total. The fourth-order valence-corrected chi connectivity index (χ4v) is 3.18. The number of benzene rings is 1. The molecule has 26 heavy (non-hydrogen) atoms. The first-order chi connectivity index (χ1) is 12.6. The van der Waals surface area contributed by atoms with E-state index >= 15 is 0 Å². The summed E-state index contributed by atoms with van der Waals surface area (Å²) in [6, 6.07) is 4.91. The highest BCUT2D eigenvalue weighted by Crippen LogP contribution is 2.26. The zero-order chi connectivity index (χ0) is 18.1. The summed E-state index contributed by atoms with van der Waals surface area (Å²) in [5.41, 5.74) is 1.26. The quantitative estimate of drug-likeness (QED) is 0.783. The molecule has 3 heterocycles. The van der Waals surface area contributed by atoms with Crippen molar-refractivity contribution in [1.82, 2.24) is 24.8 Å². The number of carbonyl (C=O) groups excluding carboxylic acids is 1. The molecule has 138 valence electrons. The van der Waals surface area contributed by atoms with Gasteiger partial charge in [0.25, 0.3) is 0 Å². The topological polar surface area (TPSA) is 63.5 Å². The number of likely N-dealkylation sites (tertiary alicyclic amines) is 2. The van der Waals surface area contributed by atoms with Crippen LogP contribution < -0.4 is 4.74 Å². The van der Waals surface area contributed by atoms with Gasteiger partial charge in [0.1, 0.15) is 5.69 Å². The van der Waals surface area contributed by atoms with E-state index in [9.17, 15) is 9.18 Å². The first kappa shape index (κ1) is 17.0. The Kier molecular flexibility index (Phi) is 4.58. The monoisotopic (exact) mass is 359 g/mol. The molecule has 0 radical (unpaired) electrons. The van der Waals surface area contributed by atoms with Crippen molar-refractivity contribution in [2.24, 2.45) is 0 Å². The summed E-state index contributed by atoms with van der Waals surface area (Å²) in [4.78, 5) is 16.1. The van der Waals surface area contributed by atoms with Crippen LogP contribution in [0.25, 0.3) is 11.3 Å². The number of amides is 1. The zero-order valence-corrected chi connectivity index (χ0v) is 14.8. The Labute approximate surface area is 151 Å². The summed E-state index contributed by atoms with van der Waals surface area (Å²) < 4.78 is 21.0. The molecular formula is C18H22FN5O2. The van der Waals surface area contributed by atoms with Gasteiger partial charge in [-0.25, -0.2) is 9.07 Å². The zero-order valence-electron chi connectivity index (χ0n) is 14.8. The van der Waals surface area contributed by atoms with Gasteiger partial charge in [0.15, 0.2) is 11.6 Å². The number of ether oxygens (including phenoxy) is 1. The van der Waals surface area contributed by atoms with E-state index in [4.69, 9.17) is 4.74 Å². The van der Waals surface area contributed by atoms with Crippen LogP contribution in [0.3, 0.4) is 0 Å². The van der Waals surface area contributed by atoms with Crippen molar-refractivity contribution >= 4 is 5.91 Å². The molecule has 0 aliphatic carbocycles. The third-order valence-electron chi connectivity index (χ3n) is 4.93. The van der Waals surface area contributed by atoms with Crippen molar-refractivity contribution in [1.29, 1.82) is 0 Å². The third-order valence-corrected chi connectivity index (χ3v) is 4.93. The molecule has 0 spiro atoms. The first-order valence-corrected chi connectivity index (χ1v) is 8.98. The standard InChI is InChI=1S/C18H22FN5O2/c1-2-26-17-5-4-13(8-15(17)19)16-11-24(21-20-16)14-9-23(10-14)18(25)12-22-6-3-7-22/h4-5,8,11,14H,2-3,6-7,9-10,12H2,1H3. The Hall–Kier alpha value is -2.48. The van der Waals surface area contributed by atoms with Crippen LogP contribution in [0.2, 0.25) is 0 Å². The maximum atomic E-state index is 14.0. The molecule has 2 aliphatic heterocycles. The average molecular weight is 359 g/mol. The number of aromatic nitrogens is 3. The molecule has 0 bridgehead atoms. The van der Waals surface area contributed by atoms with E-state index in [2.05, 4.69) is 15.2 Å². The van der Waals surface area contributed by atoms with Gasteiger partial charge in [-0.1, -0.05) is 5.21 Å². The average Bonchev–Trinajstić information content (AvgIpc) is 3.01. The van der Waals surface area contributed by atoms with E-state index in [1.54, 1.807) is 23.0 Å². The predicted molar refractivity (Wildman–Crippen MR) is 93.3 cm³/mol. The Balaban J connectivity index is 1.36. The minimum atomic E-state index is -0.412. The highest BCUT2D eigenvalue weighted by atomic mass is 19.1. The molecule has 1 amide bonds. The van der Waals surface area contributed by atoms with E-state index in [0.717, 1.165) is 13.1 Å². The van der Waals surface area contributed by atoms with Crippen molar-refractivity contribution in [2.75, 3.05) is 39.3 Å². The molecule has 1 aromatic carbocycles. The molecule has 2 aliphatic rings. The van der Waals surface area contributed by atoms with Crippen LogP contribution in [0.5, 0.6) is 5.75 Å². The molecule has 1 aromatic heterocycles. The summed E-state index contributed by atoms with van der Waals surface area (Å²) in [5.74, 6) is -0.000764. The van der Waals surface area contributed by atoms with Gasteiger partial charge in [0.2, 0.25) is 5.91 Å². The summed E-state index contributed by atoms with van der Waals surface area (Å²) in [5, 5.41) is 8.29. The summed E-state index contributed by atoms with van der Waals surface area (Å²) in [7, 11) is 0. The molecule has 0 unspecified atom stereocenters. The van der Waals surface area contributed by atoms with Crippen LogP contribution in [0.15, 0.2) is 24.4 Å². The van der Waals surface area contributed by atoms with Crippen molar-refractivity contribution in [2.45, 2.75) is 19.4 Å². The SMILES string of the molecule is CCOc1ccc(-c2cn(C3CN(C(=O)CN4CCC4)C3)nn2)cc1F. The molecule has 2 fully saturated rings. The fraction of sp³-hybridized carbons (Fsp3) is 0.500. The first-order valence-electron chi connectivity index (χ1n) is 8.98. The van der Waals surface area contributed by atoms with Crippen LogP contribution in [0, 0.1) is 5.82 Å². The third kappa shape index (κ3) is 3.29. The molecular weight excluding hydrogens is 337 g/mol. The van der Waals surface area contributed by atoms with Crippen LogP contribution >= 0.6 is 0 Å². The van der Waals surface area contributed by atoms with E-state index in [0.29, 0.717) is 37.5 Å². The van der Waals surface area contributed by atoms with Crippen molar-refractivity contribution in [3.8, 4) is 17.0 Å². The fourth-order valence-electron chi connectivity index (χ4n) is 3.18. The van der Waals surface area contributed by atoms with Gasteiger partial charge in [-0.2, -0.15) is 0 Å². The maximum Gasteiger partial charge on any atom is 0.236 e. The van der Waals surface area contributed by atoms with E-state index in [1.165, 1.54) is 12.5 Å². The van der Waals surface area contributed by atoms with Crippen LogP contribution in [-0.2, 0) is 4.79 Å². The molecule has 8 heteroatoms. The summed E-state index contributed by atoms with van der Waals surface area (Å²) in [6.45, 7) is 6.08. The number of hydrogen-bond acceptors (Lipinski definition) is 5. The Morgan fingerprint density at radius 2 is 2.15 bits per heavy atom. The van der Waals surface area contributed by atoms with E-state index in [1.807, 2.05) is 11.8 Å².